The highest BCUT2D eigenvalue weighted by Crippen LogP contribution is 2.34. The third kappa shape index (κ3) is 3.51. The molecule has 116 valence electrons. The Hall–Kier alpha value is -2.39. The molecule has 0 radical (unpaired) electrons. The summed E-state index contributed by atoms with van der Waals surface area (Å²) < 4.78 is 0. The topological polar surface area (TPSA) is 49.7 Å². The molecule has 0 heterocycles. The SMILES string of the molecule is O=C1CC[C@H](c2ccccc2)C(O)=C1C=Nc1ccc(Cl)cc1. The van der Waals surface area contributed by atoms with Crippen molar-refractivity contribution in [2.75, 3.05) is 0 Å². The van der Waals surface area contributed by atoms with Gasteiger partial charge in [-0.2, -0.15) is 0 Å². The Morgan fingerprint density at radius 3 is 2.48 bits per heavy atom. The number of rotatable bonds is 3. The van der Waals surface area contributed by atoms with E-state index in [-0.39, 0.29) is 17.5 Å². The lowest BCUT2D eigenvalue weighted by Gasteiger charge is -2.22. The Labute approximate surface area is 140 Å². The van der Waals surface area contributed by atoms with E-state index in [0.29, 0.717) is 29.1 Å². The largest absolute Gasteiger partial charge is 0.511 e. The van der Waals surface area contributed by atoms with Crippen molar-refractivity contribution in [3.8, 4) is 0 Å². The van der Waals surface area contributed by atoms with Gasteiger partial charge in [0.15, 0.2) is 5.78 Å². The van der Waals surface area contributed by atoms with Crippen LogP contribution in [0.2, 0.25) is 5.02 Å². The van der Waals surface area contributed by atoms with Gasteiger partial charge in [0.05, 0.1) is 11.3 Å². The van der Waals surface area contributed by atoms with Crippen molar-refractivity contribution in [2.24, 2.45) is 4.99 Å². The summed E-state index contributed by atoms with van der Waals surface area (Å²) in [6, 6.07) is 16.7. The zero-order valence-corrected chi connectivity index (χ0v) is 13.2. The van der Waals surface area contributed by atoms with Crippen LogP contribution >= 0.6 is 11.6 Å². The molecule has 0 saturated heterocycles. The molecule has 0 bridgehead atoms. The van der Waals surface area contributed by atoms with Gasteiger partial charge in [-0.15, -0.1) is 0 Å². The highest BCUT2D eigenvalue weighted by molar-refractivity contribution is 6.30. The van der Waals surface area contributed by atoms with Crippen LogP contribution in [-0.2, 0) is 4.79 Å². The lowest BCUT2D eigenvalue weighted by molar-refractivity contribution is -0.115. The maximum Gasteiger partial charge on any atom is 0.167 e. The fourth-order valence-electron chi connectivity index (χ4n) is 2.69. The number of hydrogen-bond donors (Lipinski definition) is 1. The predicted molar refractivity (Wildman–Crippen MR) is 92.7 cm³/mol. The average molecular weight is 326 g/mol. The Kier molecular flexibility index (Phi) is 4.58. The second-order valence-corrected chi connectivity index (χ2v) is 5.90. The van der Waals surface area contributed by atoms with E-state index in [2.05, 4.69) is 4.99 Å². The van der Waals surface area contributed by atoms with Crippen molar-refractivity contribution in [2.45, 2.75) is 18.8 Å². The standard InChI is InChI=1S/C19H16ClNO2/c20-14-6-8-15(9-7-14)21-12-17-18(22)11-10-16(19(17)23)13-4-2-1-3-5-13/h1-9,12,16,23H,10-11H2/t16-/m1/s1. The first-order valence-electron chi connectivity index (χ1n) is 7.46. The van der Waals surface area contributed by atoms with Crippen molar-refractivity contribution in [3.05, 3.63) is 76.5 Å². The van der Waals surface area contributed by atoms with Gasteiger partial charge in [-0.25, -0.2) is 0 Å². The summed E-state index contributed by atoms with van der Waals surface area (Å²) in [5.41, 5.74) is 1.99. The molecule has 0 unspecified atom stereocenters. The van der Waals surface area contributed by atoms with Crippen LogP contribution < -0.4 is 0 Å². The van der Waals surface area contributed by atoms with E-state index < -0.39 is 0 Å². The van der Waals surface area contributed by atoms with Crippen LogP contribution in [0.25, 0.3) is 0 Å². The number of aliphatic imine (C=N–C) groups is 1. The number of halogens is 1. The minimum Gasteiger partial charge on any atom is -0.511 e. The quantitative estimate of drug-likeness (QED) is 0.807. The highest BCUT2D eigenvalue weighted by Gasteiger charge is 2.28. The summed E-state index contributed by atoms with van der Waals surface area (Å²) in [5.74, 6) is -0.127. The molecule has 2 aromatic carbocycles. The molecule has 1 aliphatic carbocycles. The smallest absolute Gasteiger partial charge is 0.167 e. The zero-order valence-electron chi connectivity index (χ0n) is 12.4. The number of allylic oxidation sites excluding steroid dienone is 2. The van der Waals surface area contributed by atoms with E-state index in [1.807, 2.05) is 30.3 Å². The van der Waals surface area contributed by atoms with E-state index in [1.165, 1.54) is 6.21 Å². The average Bonchev–Trinajstić information content (AvgIpc) is 2.57. The maximum atomic E-state index is 12.1. The lowest BCUT2D eigenvalue weighted by Crippen LogP contribution is -2.19. The first-order chi connectivity index (χ1) is 11.1. The van der Waals surface area contributed by atoms with Crippen LogP contribution in [0.15, 0.2) is 70.9 Å². The van der Waals surface area contributed by atoms with Crippen LogP contribution in [0.4, 0.5) is 5.69 Å². The minimum atomic E-state index is -0.152. The normalized spacial score (nSPS) is 18.7. The summed E-state index contributed by atoms with van der Waals surface area (Å²) in [7, 11) is 0. The van der Waals surface area contributed by atoms with Crippen LogP contribution in [0.3, 0.4) is 0 Å². The van der Waals surface area contributed by atoms with Crippen molar-refractivity contribution in [1.29, 1.82) is 0 Å². The molecule has 23 heavy (non-hydrogen) atoms. The van der Waals surface area contributed by atoms with E-state index in [9.17, 15) is 9.90 Å². The Morgan fingerprint density at radius 1 is 1.09 bits per heavy atom. The predicted octanol–water partition coefficient (Wildman–Crippen LogP) is 5.00. The fraction of sp³-hybridized carbons (Fsp3) is 0.158. The monoisotopic (exact) mass is 325 g/mol. The molecule has 3 nitrogen and oxygen atoms in total. The molecule has 0 aromatic heterocycles. The minimum absolute atomic E-state index is 0.0765. The van der Waals surface area contributed by atoms with Gasteiger partial charge < -0.3 is 5.11 Å². The molecule has 1 N–H and O–H groups in total. The first kappa shape index (κ1) is 15.5. The maximum absolute atomic E-state index is 12.1. The van der Waals surface area contributed by atoms with Gasteiger partial charge in [0.1, 0.15) is 5.76 Å². The zero-order chi connectivity index (χ0) is 16.2. The van der Waals surface area contributed by atoms with Gasteiger partial charge in [0.25, 0.3) is 0 Å². The molecule has 2 aromatic rings. The number of carbonyl (C=O) groups excluding carboxylic acids is 1. The van der Waals surface area contributed by atoms with E-state index in [0.717, 1.165) is 5.56 Å². The van der Waals surface area contributed by atoms with Crippen molar-refractivity contribution >= 4 is 29.3 Å². The summed E-state index contributed by atoms with van der Waals surface area (Å²) >= 11 is 5.84. The molecule has 4 heteroatoms. The van der Waals surface area contributed by atoms with Gasteiger partial charge in [-0.3, -0.25) is 9.79 Å². The van der Waals surface area contributed by atoms with Crippen LogP contribution in [0.5, 0.6) is 0 Å². The number of aliphatic hydroxyl groups excluding tert-OH is 1. The molecule has 0 spiro atoms. The number of carbonyl (C=O) groups is 1. The summed E-state index contributed by atoms with van der Waals surface area (Å²) in [6.07, 6.45) is 2.48. The Balaban J connectivity index is 1.91. The third-order valence-corrected chi connectivity index (χ3v) is 4.19. The van der Waals surface area contributed by atoms with E-state index in [1.54, 1.807) is 24.3 Å². The Bertz CT molecular complexity index is 764. The van der Waals surface area contributed by atoms with Gasteiger partial charge in [0, 0.05) is 23.6 Å². The first-order valence-corrected chi connectivity index (χ1v) is 7.84. The number of benzene rings is 2. The van der Waals surface area contributed by atoms with Crippen molar-refractivity contribution < 1.29 is 9.90 Å². The van der Waals surface area contributed by atoms with Gasteiger partial charge in [-0.05, 0) is 36.2 Å². The molecule has 0 saturated carbocycles. The van der Waals surface area contributed by atoms with Crippen LogP contribution in [0.1, 0.15) is 24.3 Å². The second-order valence-electron chi connectivity index (χ2n) is 5.46. The number of Topliss-reactive ketones (excluding diaryl/α,β-unsaturated/α-hetero) is 1. The third-order valence-electron chi connectivity index (χ3n) is 3.94. The highest BCUT2D eigenvalue weighted by atomic mass is 35.5. The molecular formula is C19H16ClNO2. The van der Waals surface area contributed by atoms with Crippen molar-refractivity contribution in [3.63, 3.8) is 0 Å². The number of nitrogens with zero attached hydrogens (tertiary/aromatic N) is 1. The molecule has 0 amide bonds. The summed E-state index contributed by atoms with van der Waals surface area (Å²) in [4.78, 5) is 16.4. The summed E-state index contributed by atoms with van der Waals surface area (Å²) in [6.45, 7) is 0. The Morgan fingerprint density at radius 2 is 1.78 bits per heavy atom. The van der Waals surface area contributed by atoms with Crippen LogP contribution in [0, 0.1) is 0 Å². The fourth-order valence-corrected chi connectivity index (χ4v) is 2.82. The van der Waals surface area contributed by atoms with Crippen LogP contribution in [-0.4, -0.2) is 17.1 Å². The van der Waals surface area contributed by atoms with Gasteiger partial charge in [-0.1, -0.05) is 41.9 Å². The van der Waals surface area contributed by atoms with E-state index >= 15 is 0 Å². The molecular weight excluding hydrogens is 310 g/mol. The molecule has 3 rings (SSSR count). The van der Waals surface area contributed by atoms with Gasteiger partial charge in [0.2, 0.25) is 0 Å². The lowest BCUT2D eigenvalue weighted by atomic mass is 9.83. The number of aliphatic hydroxyl groups is 1. The summed E-state index contributed by atoms with van der Waals surface area (Å²) in [5, 5.41) is 11.1. The van der Waals surface area contributed by atoms with Gasteiger partial charge >= 0.3 is 0 Å². The van der Waals surface area contributed by atoms with E-state index in [4.69, 9.17) is 11.6 Å². The number of hydrogen-bond acceptors (Lipinski definition) is 3. The molecule has 0 fully saturated rings. The molecule has 1 aliphatic rings. The number of ketones is 1. The molecule has 1 atom stereocenters. The van der Waals surface area contributed by atoms with Crippen molar-refractivity contribution in [1.82, 2.24) is 0 Å². The molecule has 0 aliphatic heterocycles. The second kappa shape index (κ2) is 6.80.